The largest absolute Gasteiger partial charge is 0.370 e. The molecular formula is C14H25N5O. The summed E-state index contributed by atoms with van der Waals surface area (Å²) in [5, 5.41) is 6.09. The number of hydrogen-bond acceptors (Lipinski definition) is 5. The summed E-state index contributed by atoms with van der Waals surface area (Å²) in [5.41, 5.74) is 0.968. The molecule has 1 aromatic heterocycles. The number of anilines is 2. The third-order valence-electron chi connectivity index (χ3n) is 2.89. The van der Waals surface area contributed by atoms with E-state index in [2.05, 4.69) is 27.5 Å². The smallest absolute Gasteiger partial charge is 0.239 e. The third kappa shape index (κ3) is 4.36. The molecule has 0 saturated carbocycles. The predicted molar refractivity (Wildman–Crippen MR) is 82.2 cm³/mol. The number of likely N-dealkylation sites (N-methyl/N-ethyl adjacent to an activating group) is 2. The number of amides is 1. The molecule has 0 radical (unpaired) electrons. The summed E-state index contributed by atoms with van der Waals surface area (Å²) in [5.74, 6) is 2.33. The van der Waals surface area contributed by atoms with Gasteiger partial charge in [-0.3, -0.25) is 4.79 Å². The molecule has 1 heterocycles. The lowest BCUT2D eigenvalue weighted by Crippen LogP contribution is -2.35. The van der Waals surface area contributed by atoms with Gasteiger partial charge in [0.2, 0.25) is 5.91 Å². The zero-order valence-corrected chi connectivity index (χ0v) is 13.1. The molecule has 20 heavy (non-hydrogen) atoms. The third-order valence-corrected chi connectivity index (χ3v) is 2.89. The van der Waals surface area contributed by atoms with E-state index in [9.17, 15) is 4.79 Å². The van der Waals surface area contributed by atoms with E-state index in [1.165, 1.54) is 0 Å². The Morgan fingerprint density at radius 2 is 1.95 bits per heavy atom. The fraction of sp³-hybridized carbons (Fsp3) is 0.643. The molecule has 0 aliphatic heterocycles. The molecule has 0 aromatic carbocycles. The molecule has 2 N–H and O–H groups in total. The summed E-state index contributed by atoms with van der Waals surface area (Å²) >= 11 is 0. The summed E-state index contributed by atoms with van der Waals surface area (Å²) in [6.45, 7) is 9.65. The van der Waals surface area contributed by atoms with Crippen LogP contribution < -0.4 is 15.5 Å². The molecule has 0 unspecified atom stereocenters. The second kappa shape index (κ2) is 7.67. The molecule has 112 valence electrons. The molecule has 1 rings (SSSR count). The maximum atomic E-state index is 11.7. The second-order valence-corrected chi connectivity index (χ2v) is 4.80. The van der Waals surface area contributed by atoms with Gasteiger partial charge in [-0.1, -0.05) is 6.92 Å². The topological polar surface area (TPSA) is 70.2 Å². The molecule has 0 bridgehead atoms. The van der Waals surface area contributed by atoms with Crippen LogP contribution in [0.2, 0.25) is 0 Å². The van der Waals surface area contributed by atoms with E-state index in [-0.39, 0.29) is 5.91 Å². The minimum atomic E-state index is -0.00580. The first-order valence-electron chi connectivity index (χ1n) is 7.06. The van der Waals surface area contributed by atoms with Crippen LogP contribution in [0.3, 0.4) is 0 Å². The van der Waals surface area contributed by atoms with Crippen molar-refractivity contribution in [3.05, 3.63) is 11.4 Å². The number of rotatable bonds is 7. The Morgan fingerprint density at radius 3 is 2.55 bits per heavy atom. The van der Waals surface area contributed by atoms with Crippen molar-refractivity contribution in [2.45, 2.75) is 34.1 Å². The Morgan fingerprint density at radius 1 is 1.25 bits per heavy atom. The number of aromatic nitrogens is 2. The Hall–Kier alpha value is -1.85. The maximum Gasteiger partial charge on any atom is 0.239 e. The highest BCUT2D eigenvalue weighted by Crippen LogP contribution is 2.22. The highest BCUT2D eigenvalue weighted by atomic mass is 16.2. The number of hydrogen-bond donors (Lipinski definition) is 2. The lowest BCUT2D eigenvalue weighted by Gasteiger charge is -2.21. The van der Waals surface area contributed by atoms with Crippen LogP contribution in [0.5, 0.6) is 0 Å². The van der Waals surface area contributed by atoms with Crippen molar-refractivity contribution in [1.82, 2.24) is 15.3 Å². The summed E-state index contributed by atoms with van der Waals surface area (Å²) in [6.07, 6.45) is 1.03. The number of carbonyl (C=O) groups is 1. The van der Waals surface area contributed by atoms with Crippen LogP contribution in [0.25, 0.3) is 0 Å². The SMILES string of the molecule is CCCNc1nc(C)nc(N(C)CC(=O)NCC)c1C. The van der Waals surface area contributed by atoms with Gasteiger partial charge in [0.15, 0.2) is 0 Å². The quantitative estimate of drug-likeness (QED) is 0.791. The van der Waals surface area contributed by atoms with E-state index in [1.807, 2.05) is 32.7 Å². The van der Waals surface area contributed by atoms with E-state index in [0.29, 0.717) is 18.9 Å². The Labute approximate surface area is 121 Å². The van der Waals surface area contributed by atoms with E-state index >= 15 is 0 Å². The number of nitrogens with one attached hydrogen (secondary N) is 2. The monoisotopic (exact) mass is 279 g/mol. The summed E-state index contributed by atoms with van der Waals surface area (Å²) in [6, 6.07) is 0. The van der Waals surface area contributed by atoms with Gasteiger partial charge in [-0.15, -0.1) is 0 Å². The summed E-state index contributed by atoms with van der Waals surface area (Å²) in [7, 11) is 1.87. The lowest BCUT2D eigenvalue weighted by molar-refractivity contribution is -0.119. The highest BCUT2D eigenvalue weighted by Gasteiger charge is 2.14. The number of nitrogens with zero attached hydrogens (tertiary/aromatic N) is 3. The van der Waals surface area contributed by atoms with Crippen LogP contribution in [0.15, 0.2) is 0 Å². The second-order valence-electron chi connectivity index (χ2n) is 4.80. The van der Waals surface area contributed by atoms with Crippen molar-refractivity contribution < 1.29 is 4.79 Å². The normalized spacial score (nSPS) is 10.2. The van der Waals surface area contributed by atoms with Crippen LogP contribution in [0.1, 0.15) is 31.7 Å². The van der Waals surface area contributed by atoms with Gasteiger partial charge >= 0.3 is 0 Å². The molecule has 0 atom stereocenters. The maximum absolute atomic E-state index is 11.7. The standard InChI is InChI=1S/C14H25N5O/c1-6-8-16-13-10(3)14(18-11(4)17-13)19(5)9-12(20)15-7-2/h6-9H2,1-5H3,(H,15,20)(H,16,17,18). The molecule has 6 nitrogen and oxygen atoms in total. The molecule has 0 aliphatic carbocycles. The fourth-order valence-electron chi connectivity index (χ4n) is 1.94. The minimum Gasteiger partial charge on any atom is -0.370 e. The Bertz CT molecular complexity index is 461. The molecule has 6 heteroatoms. The van der Waals surface area contributed by atoms with Gasteiger partial charge in [0.05, 0.1) is 6.54 Å². The lowest BCUT2D eigenvalue weighted by atomic mass is 10.2. The average Bonchev–Trinajstić information content (AvgIpc) is 2.39. The Balaban J connectivity index is 2.93. The first-order valence-corrected chi connectivity index (χ1v) is 7.06. The zero-order valence-electron chi connectivity index (χ0n) is 13.1. The fourth-order valence-corrected chi connectivity index (χ4v) is 1.94. The Kier molecular flexibility index (Phi) is 6.21. The van der Waals surface area contributed by atoms with Crippen LogP contribution in [0, 0.1) is 13.8 Å². The van der Waals surface area contributed by atoms with E-state index < -0.39 is 0 Å². The zero-order chi connectivity index (χ0) is 15.1. The molecule has 1 aromatic rings. The van der Waals surface area contributed by atoms with Gasteiger partial charge < -0.3 is 15.5 Å². The number of aryl methyl sites for hydroxylation is 1. The van der Waals surface area contributed by atoms with Crippen LogP contribution in [-0.4, -0.2) is 42.6 Å². The van der Waals surface area contributed by atoms with Gasteiger partial charge in [-0.05, 0) is 27.2 Å². The van der Waals surface area contributed by atoms with E-state index in [0.717, 1.165) is 30.2 Å². The van der Waals surface area contributed by atoms with Crippen molar-refractivity contribution in [1.29, 1.82) is 0 Å². The molecule has 0 saturated heterocycles. The molecule has 1 amide bonds. The van der Waals surface area contributed by atoms with Crippen LogP contribution in [0.4, 0.5) is 11.6 Å². The minimum absolute atomic E-state index is 0.00580. The van der Waals surface area contributed by atoms with Crippen molar-refractivity contribution in [3.8, 4) is 0 Å². The van der Waals surface area contributed by atoms with E-state index in [4.69, 9.17) is 0 Å². The molecule has 0 spiro atoms. The van der Waals surface area contributed by atoms with Crippen molar-refractivity contribution in [3.63, 3.8) is 0 Å². The summed E-state index contributed by atoms with van der Waals surface area (Å²) in [4.78, 5) is 22.4. The van der Waals surface area contributed by atoms with Gasteiger partial charge in [0.25, 0.3) is 0 Å². The van der Waals surface area contributed by atoms with Crippen molar-refractivity contribution in [2.24, 2.45) is 0 Å². The van der Waals surface area contributed by atoms with Gasteiger partial charge in [0.1, 0.15) is 17.5 Å². The van der Waals surface area contributed by atoms with Crippen LogP contribution >= 0.6 is 0 Å². The predicted octanol–water partition coefficient (Wildman–Crippen LogP) is 1.49. The van der Waals surface area contributed by atoms with Gasteiger partial charge in [0, 0.05) is 25.7 Å². The molecular weight excluding hydrogens is 254 g/mol. The van der Waals surface area contributed by atoms with Crippen LogP contribution in [-0.2, 0) is 4.79 Å². The summed E-state index contributed by atoms with van der Waals surface area (Å²) < 4.78 is 0. The molecule has 0 fully saturated rings. The van der Waals surface area contributed by atoms with Gasteiger partial charge in [-0.2, -0.15) is 0 Å². The average molecular weight is 279 g/mol. The van der Waals surface area contributed by atoms with E-state index in [1.54, 1.807) is 0 Å². The first-order chi connectivity index (χ1) is 9.49. The van der Waals surface area contributed by atoms with Gasteiger partial charge in [-0.25, -0.2) is 9.97 Å². The first kappa shape index (κ1) is 16.2. The highest BCUT2D eigenvalue weighted by molar-refractivity contribution is 5.81. The van der Waals surface area contributed by atoms with Crippen molar-refractivity contribution >= 4 is 17.5 Å². The number of carbonyl (C=O) groups excluding carboxylic acids is 1. The van der Waals surface area contributed by atoms with Crippen molar-refractivity contribution in [2.75, 3.05) is 36.9 Å². The molecule has 0 aliphatic rings.